The van der Waals surface area contributed by atoms with Crippen molar-refractivity contribution in [3.63, 3.8) is 0 Å². The summed E-state index contributed by atoms with van der Waals surface area (Å²) in [5, 5.41) is 2.89. The lowest BCUT2D eigenvalue weighted by Crippen LogP contribution is -2.13. The van der Waals surface area contributed by atoms with Crippen LogP contribution in [0.25, 0.3) is 0 Å². The van der Waals surface area contributed by atoms with Crippen LogP contribution < -0.4 is 10.1 Å². The number of halogens is 1. The summed E-state index contributed by atoms with van der Waals surface area (Å²) in [4.78, 5) is 12.3. The Kier molecular flexibility index (Phi) is 4.45. The summed E-state index contributed by atoms with van der Waals surface area (Å²) >= 11 is 3.45. The minimum Gasteiger partial charge on any atom is -0.496 e. The molecule has 1 amide bonds. The molecule has 0 saturated carbocycles. The van der Waals surface area contributed by atoms with Gasteiger partial charge in [0.25, 0.3) is 5.91 Å². The number of benzene rings is 2. The number of amides is 1. The van der Waals surface area contributed by atoms with E-state index >= 15 is 0 Å². The second-order valence-electron chi connectivity index (χ2n) is 4.57. The molecule has 20 heavy (non-hydrogen) atoms. The van der Waals surface area contributed by atoms with Crippen molar-refractivity contribution < 1.29 is 9.53 Å². The minimum absolute atomic E-state index is 0.134. The van der Waals surface area contributed by atoms with Gasteiger partial charge < -0.3 is 10.1 Å². The molecule has 1 N–H and O–H groups in total. The van der Waals surface area contributed by atoms with Crippen molar-refractivity contribution in [2.75, 3.05) is 12.4 Å². The summed E-state index contributed by atoms with van der Waals surface area (Å²) in [6.07, 6.45) is 0. The zero-order chi connectivity index (χ0) is 14.7. The number of aryl methyl sites for hydroxylation is 2. The molecule has 0 radical (unpaired) electrons. The van der Waals surface area contributed by atoms with Gasteiger partial charge in [0.1, 0.15) is 5.75 Å². The van der Waals surface area contributed by atoms with Crippen LogP contribution in [0.2, 0.25) is 0 Å². The van der Waals surface area contributed by atoms with E-state index in [-0.39, 0.29) is 5.91 Å². The maximum atomic E-state index is 12.3. The normalized spacial score (nSPS) is 10.2. The second-order valence-corrected chi connectivity index (χ2v) is 5.37. The quantitative estimate of drug-likeness (QED) is 0.907. The summed E-state index contributed by atoms with van der Waals surface area (Å²) in [7, 11) is 1.63. The Morgan fingerprint density at radius 1 is 1.15 bits per heavy atom. The molecule has 4 heteroatoms. The van der Waals surface area contributed by atoms with Crippen molar-refractivity contribution in [3.05, 3.63) is 57.6 Å². The molecule has 0 heterocycles. The van der Waals surface area contributed by atoms with E-state index in [9.17, 15) is 4.79 Å². The van der Waals surface area contributed by atoms with Crippen LogP contribution in [0.1, 0.15) is 21.5 Å². The molecule has 0 aliphatic carbocycles. The van der Waals surface area contributed by atoms with Crippen LogP contribution in [0.15, 0.2) is 40.9 Å². The second kappa shape index (κ2) is 6.09. The van der Waals surface area contributed by atoms with E-state index in [0.717, 1.165) is 27.0 Å². The number of hydrogen-bond acceptors (Lipinski definition) is 2. The SMILES string of the molecule is COc1ccc(NC(=O)c2cccc(C)c2Br)cc1C. The van der Waals surface area contributed by atoms with Gasteiger partial charge in [-0.1, -0.05) is 12.1 Å². The Bertz CT molecular complexity index is 653. The minimum atomic E-state index is -0.134. The van der Waals surface area contributed by atoms with Gasteiger partial charge in [0.15, 0.2) is 0 Å². The lowest BCUT2D eigenvalue weighted by Gasteiger charge is -2.10. The molecule has 2 aromatic carbocycles. The van der Waals surface area contributed by atoms with Crippen LogP contribution in [0, 0.1) is 13.8 Å². The fraction of sp³-hybridized carbons (Fsp3) is 0.188. The first-order chi connectivity index (χ1) is 9.52. The monoisotopic (exact) mass is 333 g/mol. The van der Waals surface area contributed by atoms with Crippen LogP contribution in [0.5, 0.6) is 5.75 Å². The molecular formula is C16H16BrNO2. The Balaban J connectivity index is 2.24. The Morgan fingerprint density at radius 3 is 2.55 bits per heavy atom. The van der Waals surface area contributed by atoms with Crippen molar-refractivity contribution in [2.45, 2.75) is 13.8 Å². The largest absolute Gasteiger partial charge is 0.496 e. The molecule has 0 fully saturated rings. The van der Waals surface area contributed by atoms with Gasteiger partial charge in [0, 0.05) is 10.2 Å². The first-order valence-corrected chi connectivity index (χ1v) is 7.03. The van der Waals surface area contributed by atoms with Crippen molar-refractivity contribution in [1.29, 1.82) is 0 Å². The lowest BCUT2D eigenvalue weighted by atomic mass is 10.1. The van der Waals surface area contributed by atoms with E-state index in [2.05, 4.69) is 21.2 Å². The van der Waals surface area contributed by atoms with Gasteiger partial charge in [-0.25, -0.2) is 0 Å². The van der Waals surface area contributed by atoms with Gasteiger partial charge in [-0.2, -0.15) is 0 Å². The zero-order valence-corrected chi connectivity index (χ0v) is 13.2. The number of carbonyl (C=O) groups excluding carboxylic acids is 1. The third kappa shape index (κ3) is 3.02. The van der Waals surface area contributed by atoms with E-state index in [1.165, 1.54) is 0 Å². The summed E-state index contributed by atoms with van der Waals surface area (Å²) in [5.74, 6) is 0.671. The van der Waals surface area contributed by atoms with Crippen LogP contribution >= 0.6 is 15.9 Å². The van der Waals surface area contributed by atoms with Crippen LogP contribution in [-0.4, -0.2) is 13.0 Å². The van der Waals surface area contributed by atoms with Crippen molar-refractivity contribution in [1.82, 2.24) is 0 Å². The first kappa shape index (κ1) is 14.6. The highest BCUT2D eigenvalue weighted by Crippen LogP contribution is 2.24. The average molecular weight is 334 g/mol. The highest BCUT2D eigenvalue weighted by atomic mass is 79.9. The van der Waals surface area contributed by atoms with Crippen LogP contribution in [0.4, 0.5) is 5.69 Å². The summed E-state index contributed by atoms with van der Waals surface area (Å²) in [5.41, 5.74) is 3.39. The van der Waals surface area contributed by atoms with Crippen molar-refractivity contribution in [3.8, 4) is 5.75 Å². The van der Waals surface area contributed by atoms with Crippen molar-refractivity contribution >= 4 is 27.5 Å². The molecule has 0 aliphatic heterocycles. The summed E-state index contributed by atoms with van der Waals surface area (Å²) in [6.45, 7) is 3.90. The zero-order valence-electron chi connectivity index (χ0n) is 11.7. The van der Waals surface area contributed by atoms with E-state index in [1.807, 2.05) is 44.2 Å². The first-order valence-electron chi connectivity index (χ1n) is 6.24. The molecule has 0 aliphatic rings. The Hall–Kier alpha value is -1.81. The molecule has 0 atom stereocenters. The predicted octanol–water partition coefficient (Wildman–Crippen LogP) is 4.33. The number of nitrogens with one attached hydrogen (secondary N) is 1. The van der Waals surface area contributed by atoms with Gasteiger partial charge in [-0.15, -0.1) is 0 Å². The van der Waals surface area contributed by atoms with Gasteiger partial charge >= 0.3 is 0 Å². The highest BCUT2D eigenvalue weighted by Gasteiger charge is 2.12. The molecule has 0 aromatic heterocycles. The van der Waals surface area contributed by atoms with E-state index in [0.29, 0.717) is 5.56 Å². The average Bonchev–Trinajstić information content (AvgIpc) is 2.42. The van der Waals surface area contributed by atoms with Crippen LogP contribution in [-0.2, 0) is 0 Å². The third-order valence-electron chi connectivity index (χ3n) is 3.09. The fourth-order valence-corrected chi connectivity index (χ4v) is 2.42. The standard InChI is InChI=1S/C16H16BrNO2/c1-10-5-4-6-13(15(10)17)16(19)18-12-7-8-14(20-3)11(2)9-12/h4-9H,1-3H3,(H,18,19). The number of hydrogen-bond donors (Lipinski definition) is 1. The van der Waals surface area contributed by atoms with Gasteiger partial charge in [-0.05, 0) is 65.2 Å². The molecule has 0 bridgehead atoms. The Morgan fingerprint density at radius 2 is 1.90 bits per heavy atom. The van der Waals surface area contributed by atoms with Gasteiger partial charge in [0.2, 0.25) is 0 Å². The van der Waals surface area contributed by atoms with Gasteiger partial charge in [0.05, 0.1) is 12.7 Å². The molecule has 3 nitrogen and oxygen atoms in total. The smallest absolute Gasteiger partial charge is 0.256 e. The summed E-state index contributed by atoms with van der Waals surface area (Å²) in [6, 6.07) is 11.2. The molecule has 2 aromatic rings. The topological polar surface area (TPSA) is 38.3 Å². The fourth-order valence-electron chi connectivity index (χ4n) is 1.98. The van der Waals surface area contributed by atoms with E-state index in [4.69, 9.17) is 4.74 Å². The third-order valence-corrected chi connectivity index (χ3v) is 4.14. The number of carbonyl (C=O) groups is 1. The predicted molar refractivity (Wildman–Crippen MR) is 84.6 cm³/mol. The van der Waals surface area contributed by atoms with Crippen molar-refractivity contribution in [2.24, 2.45) is 0 Å². The molecule has 0 spiro atoms. The number of anilines is 1. The molecular weight excluding hydrogens is 318 g/mol. The molecule has 104 valence electrons. The number of methoxy groups -OCH3 is 1. The van der Waals surface area contributed by atoms with Crippen LogP contribution in [0.3, 0.4) is 0 Å². The Labute approximate surface area is 127 Å². The highest BCUT2D eigenvalue weighted by molar-refractivity contribution is 9.10. The van der Waals surface area contributed by atoms with E-state index < -0.39 is 0 Å². The number of ether oxygens (including phenoxy) is 1. The maximum absolute atomic E-state index is 12.3. The molecule has 0 saturated heterocycles. The lowest BCUT2D eigenvalue weighted by molar-refractivity contribution is 0.102. The maximum Gasteiger partial charge on any atom is 0.256 e. The van der Waals surface area contributed by atoms with Gasteiger partial charge in [-0.3, -0.25) is 4.79 Å². The molecule has 0 unspecified atom stereocenters. The molecule has 2 rings (SSSR count). The summed E-state index contributed by atoms with van der Waals surface area (Å²) < 4.78 is 6.03. The van der Waals surface area contributed by atoms with E-state index in [1.54, 1.807) is 13.2 Å². The number of rotatable bonds is 3.